The number of furan rings is 1. The van der Waals surface area contributed by atoms with Crippen LogP contribution in [0, 0.1) is 0 Å². The number of aromatic carboxylic acids is 1. The Bertz CT molecular complexity index is 1270. The van der Waals surface area contributed by atoms with E-state index in [1.54, 1.807) is 24.3 Å². The van der Waals surface area contributed by atoms with Gasteiger partial charge in [-0.25, -0.2) is 10.2 Å². The highest BCUT2D eigenvalue weighted by atomic mass is 16.4. The Labute approximate surface area is 178 Å². The van der Waals surface area contributed by atoms with E-state index in [-0.39, 0.29) is 18.0 Å². The zero-order chi connectivity index (χ0) is 21.6. The van der Waals surface area contributed by atoms with Crippen LogP contribution in [0.1, 0.15) is 16.1 Å². The Balaban J connectivity index is 1.34. The number of carbonyl (C=O) groups is 2. The van der Waals surface area contributed by atoms with Gasteiger partial charge in [0.15, 0.2) is 0 Å². The van der Waals surface area contributed by atoms with Gasteiger partial charge in [-0.2, -0.15) is 5.10 Å². The molecule has 3 aromatic carbocycles. The highest BCUT2D eigenvalue weighted by Crippen LogP contribution is 2.23. The molecule has 0 bridgehead atoms. The van der Waals surface area contributed by atoms with Crippen LogP contribution in [-0.2, 0) is 4.79 Å². The summed E-state index contributed by atoms with van der Waals surface area (Å²) in [7, 11) is 0. The summed E-state index contributed by atoms with van der Waals surface area (Å²) in [5.41, 5.74) is 4.14. The Kier molecular flexibility index (Phi) is 5.75. The molecule has 31 heavy (non-hydrogen) atoms. The van der Waals surface area contributed by atoms with Gasteiger partial charge in [0, 0.05) is 16.6 Å². The molecule has 0 aliphatic carbocycles. The Hall–Kier alpha value is -4.39. The molecule has 4 aromatic rings. The van der Waals surface area contributed by atoms with Gasteiger partial charge in [-0.3, -0.25) is 4.79 Å². The maximum Gasteiger partial charge on any atom is 0.335 e. The van der Waals surface area contributed by atoms with Crippen LogP contribution in [0.25, 0.3) is 22.1 Å². The summed E-state index contributed by atoms with van der Waals surface area (Å²) in [4.78, 5) is 23.2. The SMILES string of the molecule is O=C(CNc1cccc2ccccc12)N/N=C/c1ccc(-c2cccc(C(=O)O)c2)o1. The van der Waals surface area contributed by atoms with Gasteiger partial charge in [0.1, 0.15) is 11.5 Å². The maximum atomic E-state index is 12.1. The molecule has 3 N–H and O–H groups in total. The van der Waals surface area contributed by atoms with E-state index in [0.717, 1.165) is 16.5 Å². The molecule has 7 heteroatoms. The highest BCUT2D eigenvalue weighted by molar-refractivity contribution is 5.95. The molecule has 0 unspecified atom stereocenters. The third-order valence-electron chi connectivity index (χ3n) is 4.63. The normalized spacial score (nSPS) is 11.0. The standard InChI is InChI=1S/C24H19N3O4/c28-23(15-25-21-10-4-6-16-5-1-2-9-20(16)21)27-26-14-19-11-12-22(31-19)17-7-3-8-18(13-17)24(29)30/h1-14,25H,15H2,(H,27,28)(H,29,30)/b26-14+. The summed E-state index contributed by atoms with van der Waals surface area (Å²) >= 11 is 0. The van der Waals surface area contributed by atoms with E-state index in [4.69, 9.17) is 9.52 Å². The number of benzene rings is 3. The van der Waals surface area contributed by atoms with Crippen LogP contribution >= 0.6 is 0 Å². The summed E-state index contributed by atoms with van der Waals surface area (Å²) < 4.78 is 5.65. The minimum Gasteiger partial charge on any atom is -0.478 e. The first-order chi connectivity index (χ1) is 15.1. The third-order valence-corrected chi connectivity index (χ3v) is 4.63. The van der Waals surface area contributed by atoms with Crippen molar-refractivity contribution in [1.29, 1.82) is 0 Å². The average Bonchev–Trinajstić information content (AvgIpc) is 3.27. The van der Waals surface area contributed by atoms with Gasteiger partial charge < -0.3 is 14.8 Å². The van der Waals surface area contributed by atoms with Gasteiger partial charge in [0.05, 0.1) is 18.3 Å². The number of carboxylic acids is 1. The van der Waals surface area contributed by atoms with Crippen molar-refractivity contribution < 1.29 is 19.1 Å². The molecular weight excluding hydrogens is 394 g/mol. The molecule has 1 heterocycles. The van der Waals surface area contributed by atoms with Crippen molar-refractivity contribution in [3.05, 3.63) is 90.2 Å². The van der Waals surface area contributed by atoms with Crippen molar-refractivity contribution in [2.24, 2.45) is 5.10 Å². The van der Waals surface area contributed by atoms with Gasteiger partial charge in [-0.1, -0.05) is 48.5 Å². The van der Waals surface area contributed by atoms with Crippen LogP contribution in [-0.4, -0.2) is 29.7 Å². The highest BCUT2D eigenvalue weighted by Gasteiger charge is 2.08. The van der Waals surface area contributed by atoms with Crippen LogP contribution < -0.4 is 10.7 Å². The Morgan fingerprint density at radius 3 is 2.65 bits per heavy atom. The first kappa shape index (κ1) is 19.9. The molecule has 1 aromatic heterocycles. The van der Waals surface area contributed by atoms with E-state index < -0.39 is 5.97 Å². The largest absolute Gasteiger partial charge is 0.478 e. The number of rotatable bonds is 7. The molecule has 0 saturated heterocycles. The predicted octanol–water partition coefficient (Wildman–Crippen LogP) is 4.36. The van der Waals surface area contributed by atoms with Gasteiger partial charge in [-0.15, -0.1) is 0 Å². The third kappa shape index (κ3) is 4.79. The first-order valence-electron chi connectivity index (χ1n) is 9.57. The number of nitrogens with zero attached hydrogens (tertiary/aromatic N) is 1. The minimum atomic E-state index is -1.00. The summed E-state index contributed by atoms with van der Waals surface area (Å²) in [5.74, 6) is -0.369. The molecule has 154 valence electrons. The quantitative estimate of drug-likeness (QED) is 0.308. The van der Waals surface area contributed by atoms with E-state index in [9.17, 15) is 9.59 Å². The number of nitrogens with one attached hydrogen (secondary N) is 2. The monoisotopic (exact) mass is 413 g/mol. The molecule has 0 spiro atoms. The van der Waals surface area contributed by atoms with E-state index in [1.807, 2.05) is 42.5 Å². The number of hydrogen-bond acceptors (Lipinski definition) is 5. The van der Waals surface area contributed by atoms with Crippen molar-refractivity contribution in [3.8, 4) is 11.3 Å². The number of amides is 1. The molecule has 0 radical (unpaired) electrons. The van der Waals surface area contributed by atoms with Crippen LogP contribution in [0.4, 0.5) is 5.69 Å². The topological polar surface area (TPSA) is 104 Å². The first-order valence-corrected chi connectivity index (χ1v) is 9.57. The second kappa shape index (κ2) is 8.96. The number of fused-ring (bicyclic) bond motifs is 1. The Morgan fingerprint density at radius 2 is 1.77 bits per heavy atom. The smallest absolute Gasteiger partial charge is 0.335 e. The second-order valence-electron chi connectivity index (χ2n) is 6.76. The van der Waals surface area contributed by atoms with Crippen LogP contribution in [0.2, 0.25) is 0 Å². The lowest BCUT2D eigenvalue weighted by atomic mass is 10.1. The second-order valence-corrected chi connectivity index (χ2v) is 6.76. The molecule has 4 rings (SSSR count). The number of hydrogen-bond donors (Lipinski definition) is 3. The van der Waals surface area contributed by atoms with Gasteiger partial charge in [0.2, 0.25) is 0 Å². The number of hydrazone groups is 1. The fourth-order valence-electron chi connectivity index (χ4n) is 3.15. The van der Waals surface area contributed by atoms with Crippen molar-refractivity contribution in [3.63, 3.8) is 0 Å². The van der Waals surface area contributed by atoms with Crippen molar-refractivity contribution in [2.45, 2.75) is 0 Å². The summed E-state index contributed by atoms with van der Waals surface area (Å²) in [6.07, 6.45) is 1.39. The lowest BCUT2D eigenvalue weighted by Crippen LogP contribution is -2.25. The van der Waals surface area contributed by atoms with Gasteiger partial charge in [-0.05, 0) is 35.7 Å². The summed E-state index contributed by atoms with van der Waals surface area (Å²) in [6, 6.07) is 23.6. The lowest BCUT2D eigenvalue weighted by Gasteiger charge is -2.08. The van der Waals surface area contributed by atoms with Gasteiger partial charge >= 0.3 is 5.97 Å². The predicted molar refractivity (Wildman–Crippen MR) is 119 cm³/mol. The van der Waals surface area contributed by atoms with Crippen LogP contribution in [0.3, 0.4) is 0 Å². The number of anilines is 1. The summed E-state index contributed by atoms with van der Waals surface area (Å²) in [6.45, 7) is 0.0662. The lowest BCUT2D eigenvalue weighted by molar-refractivity contribution is -0.119. The van der Waals surface area contributed by atoms with Crippen LogP contribution in [0.15, 0.2) is 88.4 Å². The number of carboxylic acid groups (broad SMARTS) is 1. The average molecular weight is 413 g/mol. The summed E-state index contributed by atoms with van der Waals surface area (Å²) in [5, 5.41) is 18.3. The fraction of sp³-hybridized carbons (Fsp3) is 0.0417. The zero-order valence-electron chi connectivity index (χ0n) is 16.4. The van der Waals surface area contributed by atoms with E-state index >= 15 is 0 Å². The van der Waals surface area contributed by atoms with Crippen LogP contribution in [0.5, 0.6) is 0 Å². The van der Waals surface area contributed by atoms with E-state index in [0.29, 0.717) is 17.1 Å². The van der Waals surface area contributed by atoms with Crippen molar-refractivity contribution in [1.82, 2.24) is 5.43 Å². The molecular formula is C24H19N3O4. The molecule has 0 aliphatic heterocycles. The molecule has 0 fully saturated rings. The van der Waals surface area contributed by atoms with E-state index in [1.165, 1.54) is 18.3 Å². The molecule has 7 nitrogen and oxygen atoms in total. The number of carbonyl (C=O) groups excluding carboxylic acids is 1. The van der Waals surface area contributed by atoms with Crippen molar-refractivity contribution >= 4 is 34.6 Å². The molecule has 0 atom stereocenters. The maximum absolute atomic E-state index is 12.1. The van der Waals surface area contributed by atoms with Gasteiger partial charge in [0.25, 0.3) is 5.91 Å². The molecule has 0 saturated carbocycles. The van der Waals surface area contributed by atoms with E-state index in [2.05, 4.69) is 15.8 Å². The Morgan fingerprint density at radius 1 is 0.968 bits per heavy atom. The molecule has 1 amide bonds. The molecule has 0 aliphatic rings. The fourth-order valence-corrected chi connectivity index (χ4v) is 3.15. The minimum absolute atomic E-state index is 0.0662. The zero-order valence-corrected chi connectivity index (χ0v) is 16.4. The van der Waals surface area contributed by atoms with Crippen molar-refractivity contribution in [2.75, 3.05) is 11.9 Å².